The van der Waals surface area contributed by atoms with Gasteiger partial charge in [-0.05, 0) is 18.8 Å². The summed E-state index contributed by atoms with van der Waals surface area (Å²) in [7, 11) is 0. The Morgan fingerprint density at radius 2 is 2.12 bits per heavy atom. The maximum absolute atomic E-state index is 11.6. The van der Waals surface area contributed by atoms with E-state index in [-0.39, 0.29) is 11.8 Å². The predicted molar refractivity (Wildman–Crippen MR) is 63.9 cm³/mol. The number of hydrogen-bond donors (Lipinski definition) is 3. The van der Waals surface area contributed by atoms with Gasteiger partial charge in [-0.3, -0.25) is 0 Å². The highest BCUT2D eigenvalue weighted by Crippen LogP contribution is 2.29. The van der Waals surface area contributed by atoms with Crippen molar-refractivity contribution in [3.05, 3.63) is 0 Å². The molecule has 0 radical (unpaired) electrons. The normalized spacial score (nSPS) is 19.4. The van der Waals surface area contributed by atoms with Crippen molar-refractivity contribution in [3.63, 3.8) is 0 Å². The highest BCUT2D eigenvalue weighted by atomic mass is 16.5. The Hall–Kier alpha value is -1.46. The molecule has 1 amide bonds. The summed E-state index contributed by atoms with van der Waals surface area (Å²) in [6.07, 6.45) is 2.74. The lowest BCUT2D eigenvalue weighted by Crippen LogP contribution is -2.56. The van der Waals surface area contributed by atoms with Crippen molar-refractivity contribution >= 4 is 11.9 Å². The molecule has 0 spiro atoms. The third-order valence-electron chi connectivity index (χ3n) is 2.94. The number of alkyl carbamates (subject to hydrolysis) is 1. The molecule has 1 saturated carbocycles. The standard InChI is InChI=1S/C11H21N3O3/c1-8(2)7-17-10(15)13-11(9(12)14-16)5-3-4-6-11/h8,16H,3-7H2,1-2H3,(H2,12,14)(H,13,15). The first-order chi connectivity index (χ1) is 8.00. The fourth-order valence-electron chi connectivity index (χ4n) is 1.99. The van der Waals surface area contributed by atoms with Gasteiger partial charge in [-0.25, -0.2) is 4.79 Å². The van der Waals surface area contributed by atoms with Crippen molar-refractivity contribution in [1.29, 1.82) is 0 Å². The fourth-order valence-corrected chi connectivity index (χ4v) is 1.99. The number of amidine groups is 1. The van der Waals surface area contributed by atoms with Crippen LogP contribution in [0.25, 0.3) is 0 Å². The molecule has 0 unspecified atom stereocenters. The zero-order valence-electron chi connectivity index (χ0n) is 10.4. The number of rotatable bonds is 4. The monoisotopic (exact) mass is 243 g/mol. The minimum absolute atomic E-state index is 0.0523. The molecule has 1 rings (SSSR count). The van der Waals surface area contributed by atoms with Crippen LogP contribution in [-0.2, 0) is 4.74 Å². The van der Waals surface area contributed by atoms with Gasteiger partial charge in [0, 0.05) is 0 Å². The van der Waals surface area contributed by atoms with E-state index in [1.807, 2.05) is 13.8 Å². The molecule has 0 aromatic carbocycles. The number of oxime groups is 1. The molecule has 0 aliphatic heterocycles. The lowest BCUT2D eigenvalue weighted by atomic mass is 9.96. The summed E-state index contributed by atoms with van der Waals surface area (Å²) in [6.45, 7) is 4.28. The van der Waals surface area contributed by atoms with Gasteiger partial charge < -0.3 is 21.0 Å². The Bertz CT molecular complexity index is 296. The van der Waals surface area contributed by atoms with Gasteiger partial charge in [-0.1, -0.05) is 31.8 Å². The van der Waals surface area contributed by atoms with Gasteiger partial charge in [-0.15, -0.1) is 0 Å². The molecule has 0 saturated heterocycles. The second-order valence-electron chi connectivity index (χ2n) is 4.89. The second kappa shape index (κ2) is 5.75. The van der Waals surface area contributed by atoms with Gasteiger partial charge in [-0.2, -0.15) is 0 Å². The summed E-state index contributed by atoms with van der Waals surface area (Å²) in [5.74, 6) is 0.334. The van der Waals surface area contributed by atoms with Crippen LogP contribution in [0.2, 0.25) is 0 Å². The van der Waals surface area contributed by atoms with Crippen molar-refractivity contribution in [2.24, 2.45) is 16.8 Å². The zero-order chi connectivity index (χ0) is 12.9. The van der Waals surface area contributed by atoms with Crippen molar-refractivity contribution in [2.45, 2.75) is 45.1 Å². The van der Waals surface area contributed by atoms with Crippen LogP contribution in [0.5, 0.6) is 0 Å². The summed E-state index contributed by atoms with van der Waals surface area (Å²) >= 11 is 0. The molecule has 4 N–H and O–H groups in total. The predicted octanol–water partition coefficient (Wildman–Crippen LogP) is 1.43. The Labute approximate surface area is 101 Å². The Balaban J connectivity index is 2.59. The van der Waals surface area contributed by atoms with Gasteiger partial charge >= 0.3 is 6.09 Å². The van der Waals surface area contributed by atoms with E-state index in [2.05, 4.69) is 10.5 Å². The minimum Gasteiger partial charge on any atom is -0.449 e. The highest BCUT2D eigenvalue weighted by molar-refractivity contribution is 5.92. The van der Waals surface area contributed by atoms with Crippen LogP contribution in [0.15, 0.2) is 5.16 Å². The maximum Gasteiger partial charge on any atom is 0.407 e. The number of carbonyl (C=O) groups is 1. The number of hydrogen-bond acceptors (Lipinski definition) is 4. The molecule has 0 aromatic heterocycles. The van der Waals surface area contributed by atoms with Gasteiger partial charge in [0.05, 0.1) is 6.61 Å². The van der Waals surface area contributed by atoms with Crippen molar-refractivity contribution in [3.8, 4) is 0 Å². The van der Waals surface area contributed by atoms with E-state index in [0.29, 0.717) is 19.4 Å². The van der Waals surface area contributed by atoms with Crippen LogP contribution in [0.3, 0.4) is 0 Å². The average Bonchev–Trinajstić information content (AvgIpc) is 2.75. The van der Waals surface area contributed by atoms with E-state index in [1.54, 1.807) is 0 Å². The molecule has 0 aromatic rings. The quantitative estimate of drug-likeness (QED) is 0.301. The third-order valence-corrected chi connectivity index (χ3v) is 2.94. The smallest absolute Gasteiger partial charge is 0.407 e. The van der Waals surface area contributed by atoms with E-state index < -0.39 is 11.6 Å². The molecule has 17 heavy (non-hydrogen) atoms. The van der Waals surface area contributed by atoms with Crippen LogP contribution in [0.1, 0.15) is 39.5 Å². The summed E-state index contributed by atoms with van der Waals surface area (Å²) in [5.41, 5.74) is 4.91. The highest BCUT2D eigenvalue weighted by Gasteiger charge is 2.40. The summed E-state index contributed by atoms with van der Waals surface area (Å²) in [5, 5.41) is 14.5. The van der Waals surface area contributed by atoms with E-state index in [0.717, 1.165) is 12.8 Å². The minimum atomic E-state index is -0.733. The molecule has 1 aliphatic carbocycles. The summed E-state index contributed by atoms with van der Waals surface area (Å²) < 4.78 is 5.04. The first-order valence-corrected chi connectivity index (χ1v) is 5.93. The Kier molecular flexibility index (Phi) is 4.60. The Morgan fingerprint density at radius 1 is 1.53 bits per heavy atom. The van der Waals surface area contributed by atoms with Crippen LogP contribution < -0.4 is 11.1 Å². The first-order valence-electron chi connectivity index (χ1n) is 5.93. The molecule has 1 aliphatic rings. The van der Waals surface area contributed by atoms with Crippen LogP contribution >= 0.6 is 0 Å². The van der Waals surface area contributed by atoms with Crippen molar-refractivity contribution in [1.82, 2.24) is 5.32 Å². The van der Waals surface area contributed by atoms with Gasteiger partial charge in [0.25, 0.3) is 0 Å². The summed E-state index contributed by atoms with van der Waals surface area (Å²) in [4.78, 5) is 11.6. The number of nitrogens with two attached hydrogens (primary N) is 1. The molecule has 0 heterocycles. The first kappa shape index (κ1) is 13.6. The van der Waals surface area contributed by atoms with Crippen molar-refractivity contribution < 1.29 is 14.7 Å². The molecule has 0 bridgehead atoms. The zero-order valence-corrected chi connectivity index (χ0v) is 10.4. The van der Waals surface area contributed by atoms with Gasteiger partial charge in [0.2, 0.25) is 0 Å². The topological polar surface area (TPSA) is 96.9 Å². The number of nitrogens with zero attached hydrogens (tertiary/aromatic N) is 1. The lowest BCUT2D eigenvalue weighted by molar-refractivity contribution is 0.126. The Morgan fingerprint density at radius 3 is 2.59 bits per heavy atom. The molecule has 0 atom stereocenters. The number of amides is 1. The molecule has 1 fully saturated rings. The van der Waals surface area contributed by atoms with Crippen LogP contribution in [0.4, 0.5) is 4.79 Å². The lowest BCUT2D eigenvalue weighted by Gasteiger charge is -2.28. The maximum atomic E-state index is 11.6. The summed E-state index contributed by atoms with van der Waals surface area (Å²) in [6, 6.07) is 0. The molecule has 6 nitrogen and oxygen atoms in total. The third kappa shape index (κ3) is 3.51. The number of carbonyl (C=O) groups excluding carboxylic acids is 1. The van der Waals surface area contributed by atoms with Crippen LogP contribution in [-0.4, -0.2) is 29.3 Å². The SMILES string of the molecule is CC(C)COC(=O)NC1(/C(N)=N/O)CCCC1. The number of nitrogens with one attached hydrogen (secondary N) is 1. The van der Waals surface area contributed by atoms with E-state index in [4.69, 9.17) is 15.7 Å². The van der Waals surface area contributed by atoms with E-state index in [9.17, 15) is 4.79 Å². The number of ether oxygens (including phenoxy) is 1. The van der Waals surface area contributed by atoms with Crippen molar-refractivity contribution in [2.75, 3.05) is 6.61 Å². The van der Waals surface area contributed by atoms with Gasteiger partial charge in [0.15, 0.2) is 5.84 Å². The fraction of sp³-hybridized carbons (Fsp3) is 0.818. The van der Waals surface area contributed by atoms with Gasteiger partial charge in [0.1, 0.15) is 5.54 Å². The molecular weight excluding hydrogens is 222 g/mol. The van der Waals surface area contributed by atoms with Crippen LogP contribution in [0, 0.1) is 5.92 Å². The molecular formula is C11H21N3O3. The molecule has 6 heteroatoms. The van der Waals surface area contributed by atoms with E-state index >= 15 is 0 Å². The largest absolute Gasteiger partial charge is 0.449 e. The average molecular weight is 243 g/mol. The molecule has 98 valence electrons. The van der Waals surface area contributed by atoms with E-state index in [1.165, 1.54) is 0 Å². The second-order valence-corrected chi connectivity index (χ2v) is 4.89.